The van der Waals surface area contributed by atoms with E-state index in [0.29, 0.717) is 18.5 Å². The van der Waals surface area contributed by atoms with Gasteiger partial charge in [0.25, 0.3) is 0 Å². The van der Waals surface area contributed by atoms with Crippen molar-refractivity contribution in [2.45, 2.75) is 31.8 Å². The van der Waals surface area contributed by atoms with E-state index in [2.05, 4.69) is 63.1 Å². The van der Waals surface area contributed by atoms with Gasteiger partial charge in [-0.2, -0.15) is 0 Å². The molecule has 1 fully saturated rings. The first-order chi connectivity index (χ1) is 12.3. The van der Waals surface area contributed by atoms with Crippen LogP contribution in [0.4, 0.5) is 0 Å². The molecule has 128 valence electrons. The van der Waals surface area contributed by atoms with Crippen molar-refractivity contribution in [3.05, 3.63) is 66.1 Å². The summed E-state index contributed by atoms with van der Waals surface area (Å²) in [7, 11) is 0. The van der Waals surface area contributed by atoms with E-state index in [0.717, 1.165) is 30.4 Å². The maximum Gasteiger partial charge on any atom is 0.191 e. The SMILES string of the molecule is CCNC(=NCc1nnc2ccccn12)NC1CC1c1ccccc1. The highest BCUT2D eigenvalue weighted by Crippen LogP contribution is 2.40. The Kier molecular flexibility index (Phi) is 4.33. The molecule has 2 unspecified atom stereocenters. The third kappa shape index (κ3) is 3.47. The monoisotopic (exact) mass is 334 g/mol. The number of nitrogens with zero attached hydrogens (tertiary/aromatic N) is 4. The molecule has 0 saturated heterocycles. The fourth-order valence-electron chi connectivity index (χ4n) is 3.07. The predicted molar refractivity (Wildman–Crippen MR) is 98.5 cm³/mol. The van der Waals surface area contributed by atoms with Gasteiger partial charge in [-0.1, -0.05) is 36.4 Å². The summed E-state index contributed by atoms with van der Waals surface area (Å²) in [6.45, 7) is 3.39. The fraction of sp³-hybridized carbons (Fsp3) is 0.316. The molecule has 0 radical (unpaired) electrons. The molecule has 3 aromatic rings. The van der Waals surface area contributed by atoms with E-state index in [1.165, 1.54) is 5.56 Å². The van der Waals surface area contributed by atoms with Crippen molar-refractivity contribution in [3.63, 3.8) is 0 Å². The Hall–Kier alpha value is -2.89. The van der Waals surface area contributed by atoms with Gasteiger partial charge in [0.1, 0.15) is 6.54 Å². The minimum atomic E-state index is 0.440. The van der Waals surface area contributed by atoms with Crippen LogP contribution in [-0.2, 0) is 6.54 Å². The Labute approximate surface area is 147 Å². The zero-order chi connectivity index (χ0) is 17.1. The van der Waals surface area contributed by atoms with E-state index in [1.807, 2.05) is 28.8 Å². The molecule has 1 saturated carbocycles. The van der Waals surface area contributed by atoms with Crippen molar-refractivity contribution in [2.75, 3.05) is 6.54 Å². The van der Waals surface area contributed by atoms with Gasteiger partial charge in [-0.3, -0.25) is 4.40 Å². The highest BCUT2D eigenvalue weighted by molar-refractivity contribution is 5.80. The van der Waals surface area contributed by atoms with E-state index >= 15 is 0 Å². The van der Waals surface area contributed by atoms with Crippen LogP contribution in [0.15, 0.2) is 59.7 Å². The standard InChI is InChI=1S/C19H22N6/c1-2-20-19(22-16-12-15(16)14-8-4-3-5-9-14)21-13-18-24-23-17-10-6-7-11-25(17)18/h3-11,15-16H,2,12-13H2,1H3,(H2,20,21,22). The molecule has 1 aliphatic carbocycles. The molecule has 6 nitrogen and oxygen atoms in total. The molecule has 2 N–H and O–H groups in total. The number of nitrogens with one attached hydrogen (secondary N) is 2. The number of pyridine rings is 1. The van der Waals surface area contributed by atoms with Crippen molar-refractivity contribution >= 4 is 11.6 Å². The van der Waals surface area contributed by atoms with Crippen molar-refractivity contribution in [1.82, 2.24) is 25.2 Å². The zero-order valence-electron chi connectivity index (χ0n) is 14.3. The minimum absolute atomic E-state index is 0.440. The Morgan fingerprint density at radius 2 is 2.00 bits per heavy atom. The molecular weight excluding hydrogens is 312 g/mol. The lowest BCUT2D eigenvalue weighted by molar-refractivity contribution is 0.783. The molecule has 2 heterocycles. The van der Waals surface area contributed by atoms with E-state index in [9.17, 15) is 0 Å². The van der Waals surface area contributed by atoms with E-state index in [-0.39, 0.29) is 0 Å². The fourth-order valence-corrected chi connectivity index (χ4v) is 3.07. The van der Waals surface area contributed by atoms with Gasteiger partial charge < -0.3 is 10.6 Å². The van der Waals surface area contributed by atoms with Crippen molar-refractivity contribution in [2.24, 2.45) is 4.99 Å². The minimum Gasteiger partial charge on any atom is -0.357 e. The van der Waals surface area contributed by atoms with Gasteiger partial charge in [0.05, 0.1) is 0 Å². The number of hydrogen-bond acceptors (Lipinski definition) is 3. The first-order valence-electron chi connectivity index (χ1n) is 8.73. The zero-order valence-corrected chi connectivity index (χ0v) is 14.3. The summed E-state index contributed by atoms with van der Waals surface area (Å²) in [5.41, 5.74) is 2.23. The highest BCUT2D eigenvalue weighted by atomic mass is 15.3. The maximum atomic E-state index is 4.69. The Morgan fingerprint density at radius 3 is 2.84 bits per heavy atom. The topological polar surface area (TPSA) is 66.6 Å². The van der Waals surface area contributed by atoms with Gasteiger partial charge in [0.2, 0.25) is 0 Å². The van der Waals surface area contributed by atoms with Crippen LogP contribution in [0.2, 0.25) is 0 Å². The number of hydrogen-bond donors (Lipinski definition) is 2. The van der Waals surface area contributed by atoms with Crippen LogP contribution in [0, 0.1) is 0 Å². The van der Waals surface area contributed by atoms with E-state index in [1.54, 1.807) is 0 Å². The second-order valence-corrected chi connectivity index (χ2v) is 6.24. The summed E-state index contributed by atoms with van der Waals surface area (Å²) >= 11 is 0. The molecule has 25 heavy (non-hydrogen) atoms. The van der Waals surface area contributed by atoms with Crippen LogP contribution >= 0.6 is 0 Å². The summed E-state index contributed by atoms with van der Waals surface area (Å²) in [6, 6.07) is 17.0. The molecule has 2 aromatic heterocycles. The van der Waals surface area contributed by atoms with Crippen LogP contribution in [0.3, 0.4) is 0 Å². The quantitative estimate of drug-likeness (QED) is 0.555. The highest BCUT2D eigenvalue weighted by Gasteiger charge is 2.38. The molecule has 0 spiro atoms. The molecule has 6 heteroatoms. The van der Waals surface area contributed by atoms with Crippen molar-refractivity contribution in [1.29, 1.82) is 0 Å². The second-order valence-electron chi connectivity index (χ2n) is 6.24. The predicted octanol–water partition coefficient (Wildman–Crippen LogP) is 2.34. The number of guanidine groups is 1. The van der Waals surface area contributed by atoms with E-state index in [4.69, 9.17) is 0 Å². The molecule has 1 aliphatic rings. The van der Waals surface area contributed by atoms with Gasteiger partial charge in [-0.15, -0.1) is 10.2 Å². The van der Waals surface area contributed by atoms with Gasteiger partial charge in [-0.25, -0.2) is 4.99 Å². The Morgan fingerprint density at radius 1 is 1.16 bits per heavy atom. The summed E-state index contributed by atoms with van der Waals surface area (Å²) in [6.07, 6.45) is 3.11. The average molecular weight is 334 g/mol. The first-order valence-corrected chi connectivity index (χ1v) is 8.73. The summed E-state index contributed by atoms with van der Waals surface area (Å²) in [5.74, 6) is 2.24. The molecule has 0 bridgehead atoms. The number of aliphatic imine (C=N–C) groups is 1. The molecule has 1 aromatic carbocycles. The van der Waals surface area contributed by atoms with Crippen molar-refractivity contribution in [3.8, 4) is 0 Å². The Bertz CT molecular complexity index is 870. The lowest BCUT2D eigenvalue weighted by atomic mass is 10.1. The van der Waals surface area contributed by atoms with Gasteiger partial charge in [-0.05, 0) is 31.0 Å². The van der Waals surface area contributed by atoms with Crippen LogP contribution in [0.25, 0.3) is 5.65 Å². The van der Waals surface area contributed by atoms with Crippen molar-refractivity contribution < 1.29 is 0 Å². The number of fused-ring (bicyclic) bond motifs is 1. The summed E-state index contributed by atoms with van der Waals surface area (Å²) < 4.78 is 1.97. The maximum absolute atomic E-state index is 4.69. The van der Waals surface area contributed by atoms with Crippen LogP contribution in [0.1, 0.15) is 30.7 Å². The number of benzene rings is 1. The third-order valence-corrected chi connectivity index (χ3v) is 4.45. The second kappa shape index (κ2) is 6.93. The number of rotatable bonds is 5. The molecule has 0 amide bonds. The van der Waals surface area contributed by atoms with E-state index < -0.39 is 0 Å². The lowest BCUT2D eigenvalue weighted by Crippen LogP contribution is -2.39. The van der Waals surface area contributed by atoms with Crippen LogP contribution in [0.5, 0.6) is 0 Å². The normalized spacial score (nSPS) is 19.8. The molecule has 4 rings (SSSR count). The molecule has 2 atom stereocenters. The third-order valence-electron chi connectivity index (χ3n) is 4.45. The van der Waals surface area contributed by atoms with Gasteiger partial charge in [0, 0.05) is 24.7 Å². The number of aromatic nitrogens is 3. The summed E-state index contributed by atoms with van der Waals surface area (Å²) in [5, 5.41) is 15.3. The molecule has 0 aliphatic heterocycles. The van der Waals surface area contributed by atoms with Crippen LogP contribution < -0.4 is 10.6 Å². The Balaban J connectivity index is 1.44. The average Bonchev–Trinajstić information content (AvgIpc) is 3.30. The largest absolute Gasteiger partial charge is 0.357 e. The first kappa shape index (κ1) is 15.6. The van der Waals surface area contributed by atoms with Crippen LogP contribution in [-0.4, -0.2) is 33.1 Å². The smallest absolute Gasteiger partial charge is 0.191 e. The summed E-state index contributed by atoms with van der Waals surface area (Å²) in [4.78, 5) is 4.69. The van der Waals surface area contributed by atoms with Gasteiger partial charge >= 0.3 is 0 Å². The molecular formula is C19H22N6. The lowest BCUT2D eigenvalue weighted by Gasteiger charge is -2.11. The van der Waals surface area contributed by atoms with Gasteiger partial charge in [0.15, 0.2) is 17.4 Å².